The van der Waals surface area contributed by atoms with Crippen LogP contribution >= 0.6 is 0 Å². The first-order chi connectivity index (χ1) is 2.77. The molecule has 0 heterocycles. The van der Waals surface area contributed by atoms with Crippen LogP contribution in [0, 0.1) is 6.92 Å². The van der Waals surface area contributed by atoms with Crippen LogP contribution < -0.4 is 0 Å². The van der Waals surface area contributed by atoms with Gasteiger partial charge in [0.1, 0.15) is 0 Å². The predicted molar refractivity (Wildman–Crippen MR) is 20.3 cm³/mol. The fourth-order valence-corrected chi connectivity index (χ4v) is 0.109. The van der Waals surface area contributed by atoms with Gasteiger partial charge in [0.15, 0.2) is 0 Å². The van der Waals surface area contributed by atoms with Gasteiger partial charge in [0, 0.05) is 0 Å². The third-order valence-electron chi connectivity index (χ3n) is 0.299. The SMILES string of the molecule is [CH2]CC=C(F)F. The van der Waals surface area contributed by atoms with Crippen molar-refractivity contribution in [1.82, 2.24) is 0 Å². The second-order valence-electron chi connectivity index (χ2n) is 0.782. The van der Waals surface area contributed by atoms with Crippen molar-refractivity contribution >= 4 is 0 Å². The van der Waals surface area contributed by atoms with Crippen LogP contribution in [0.15, 0.2) is 12.2 Å². The third kappa shape index (κ3) is 3.60. The molecule has 0 atom stereocenters. The number of rotatable bonds is 1. The van der Waals surface area contributed by atoms with Crippen molar-refractivity contribution < 1.29 is 8.78 Å². The van der Waals surface area contributed by atoms with Crippen molar-refractivity contribution in [3.8, 4) is 0 Å². The van der Waals surface area contributed by atoms with Gasteiger partial charge in [-0.05, 0) is 19.4 Å². The monoisotopic (exact) mass is 91.0 g/mol. The minimum atomic E-state index is -1.65. The molecule has 2 heteroatoms. The first-order valence-electron chi connectivity index (χ1n) is 1.57. The lowest BCUT2D eigenvalue weighted by molar-refractivity contribution is 0.419. The summed E-state index contributed by atoms with van der Waals surface area (Å²) in [5.41, 5.74) is 0. The summed E-state index contributed by atoms with van der Waals surface area (Å²) in [4.78, 5) is 0. The highest BCUT2D eigenvalue weighted by atomic mass is 19.3. The van der Waals surface area contributed by atoms with Gasteiger partial charge >= 0.3 is 0 Å². The largest absolute Gasteiger partial charge is 0.266 e. The summed E-state index contributed by atoms with van der Waals surface area (Å²) in [6.45, 7) is 3.17. The quantitative estimate of drug-likeness (QED) is 0.463. The molecule has 0 N–H and O–H groups in total. The molecule has 0 saturated heterocycles. The van der Waals surface area contributed by atoms with Crippen molar-refractivity contribution in [1.29, 1.82) is 0 Å². The Morgan fingerprint density at radius 1 is 1.67 bits per heavy atom. The molecule has 0 aliphatic rings. The van der Waals surface area contributed by atoms with E-state index < -0.39 is 6.08 Å². The molecule has 0 aliphatic heterocycles. The average Bonchev–Trinajstić information content (AvgIpc) is 1.35. The number of hydrogen-bond acceptors (Lipinski definition) is 0. The van der Waals surface area contributed by atoms with E-state index in [0.717, 1.165) is 6.08 Å². The molecular weight excluding hydrogens is 86.0 g/mol. The van der Waals surface area contributed by atoms with Gasteiger partial charge in [0.2, 0.25) is 0 Å². The fourth-order valence-electron chi connectivity index (χ4n) is 0.109. The molecule has 0 bridgehead atoms. The van der Waals surface area contributed by atoms with Crippen LogP contribution in [0.2, 0.25) is 0 Å². The molecule has 0 aliphatic carbocycles. The zero-order chi connectivity index (χ0) is 4.99. The zero-order valence-electron chi connectivity index (χ0n) is 3.25. The van der Waals surface area contributed by atoms with Gasteiger partial charge in [-0.15, -0.1) is 0 Å². The van der Waals surface area contributed by atoms with E-state index in [2.05, 4.69) is 6.92 Å². The van der Waals surface area contributed by atoms with Crippen molar-refractivity contribution in [2.75, 3.05) is 0 Å². The molecule has 0 aromatic carbocycles. The number of hydrogen-bond donors (Lipinski definition) is 0. The maximum Gasteiger partial charge on any atom is 0.266 e. The minimum Gasteiger partial charge on any atom is -0.174 e. The molecule has 1 radical (unpaired) electrons. The van der Waals surface area contributed by atoms with Crippen LogP contribution in [-0.4, -0.2) is 0 Å². The topological polar surface area (TPSA) is 0 Å². The molecule has 0 nitrogen and oxygen atoms in total. The molecule has 0 saturated carbocycles. The van der Waals surface area contributed by atoms with E-state index in [1.54, 1.807) is 0 Å². The van der Waals surface area contributed by atoms with Crippen LogP contribution in [0.25, 0.3) is 0 Å². The highest BCUT2D eigenvalue weighted by molar-refractivity contribution is 4.80. The van der Waals surface area contributed by atoms with Crippen LogP contribution in [0.1, 0.15) is 6.42 Å². The molecule has 0 fully saturated rings. The lowest BCUT2D eigenvalue weighted by atomic mass is 10.5. The van der Waals surface area contributed by atoms with E-state index in [0.29, 0.717) is 0 Å². The van der Waals surface area contributed by atoms with Gasteiger partial charge in [-0.25, -0.2) is 0 Å². The summed E-state index contributed by atoms with van der Waals surface area (Å²) in [7, 11) is 0. The first-order valence-corrected chi connectivity index (χ1v) is 1.57. The molecule has 35 valence electrons. The summed E-state index contributed by atoms with van der Waals surface area (Å²) in [6.07, 6.45) is -0.715. The Bertz CT molecular complexity index is 52.6. The number of halogens is 2. The highest BCUT2D eigenvalue weighted by Crippen LogP contribution is 1.96. The van der Waals surface area contributed by atoms with E-state index in [9.17, 15) is 8.78 Å². The Hall–Kier alpha value is -0.400. The summed E-state index contributed by atoms with van der Waals surface area (Å²) in [5, 5.41) is 0. The summed E-state index contributed by atoms with van der Waals surface area (Å²) in [5.74, 6) is 0. The van der Waals surface area contributed by atoms with Gasteiger partial charge in [0.05, 0.1) is 0 Å². The lowest BCUT2D eigenvalue weighted by Gasteiger charge is -1.70. The summed E-state index contributed by atoms with van der Waals surface area (Å²) in [6, 6.07) is 0. The molecule has 0 amide bonds. The Morgan fingerprint density at radius 2 is 2.17 bits per heavy atom. The average molecular weight is 91.1 g/mol. The Labute approximate surface area is 35.5 Å². The van der Waals surface area contributed by atoms with Gasteiger partial charge in [-0.3, -0.25) is 0 Å². The molecule has 0 rings (SSSR count). The second-order valence-corrected chi connectivity index (χ2v) is 0.782. The molecule has 0 spiro atoms. The van der Waals surface area contributed by atoms with Crippen molar-refractivity contribution in [3.05, 3.63) is 19.1 Å². The Morgan fingerprint density at radius 3 is 2.17 bits per heavy atom. The number of allylic oxidation sites excluding steroid dienone is 1. The van der Waals surface area contributed by atoms with E-state index >= 15 is 0 Å². The first kappa shape index (κ1) is 5.60. The summed E-state index contributed by atoms with van der Waals surface area (Å²) < 4.78 is 21.7. The van der Waals surface area contributed by atoms with Gasteiger partial charge in [-0.2, -0.15) is 8.78 Å². The van der Waals surface area contributed by atoms with Crippen LogP contribution in [0.3, 0.4) is 0 Å². The maximum absolute atomic E-state index is 10.9. The fraction of sp³-hybridized carbons (Fsp3) is 0.250. The van der Waals surface area contributed by atoms with Crippen LogP contribution in [0.5, 0.6) is 0 Å². The van der Waals surface area contributed by atoms with Crippen molar-refractivity contribution in [2.45, 2.75) is 6.42 Å². The zero-order valence-corrected chi connectivity index (χ0v) is 3.25. The Balaban J connectivity index is 3.14. The summed E-state index contributed by atoms with van der Waals surface area (Å²) >= 11 is 0. The van der Waals surface area contributed by atoms with Gasteiger partial charge in [0.25, 0.3) is 6.08 Å². The lowest BCUT2D eigenvalue weighted by Crippen LogP contribution is -1.53. The molecule has 6 heavy (non-hydrogen) atoms. The maximum atomic E-state index is 10.9. The standard InChI is InChI=1S/C4H5F2/c1-2-3-4(5)6/h3H,1-2H2. The smallest absolute Gasteiger partial charge is 0.174 e. The molecule has 0 aromatic rings. The van der Waals surface area contributed by atoms with Crippen molar-refractivity contribution in [2.24, 2.45) is 0 Å². The van der Waals surface area contributed by atoms with E-state index in [4.69, 9.17) is 0 Å². The molecule has 0 aromatic heterocycles. The predicted octanol–water partition coefficient (Wildman–Crippen LogP) is 1.99. The van der Waals surface area contributed by atoms with E-state index in [-0.39, 0.29) is 6.42 Å². The van der Waals surface area contributed by atoms with E-state index in [1.165, 1.54) is 0 Å². The van der Waals surface area contributed by atoms with Gasteiger partial charge < -0.3 is 0 Å². The molecular formula is C4H5F2. The van der Waals surface area contributed by atoms with Crippen LogP contribution in [0.4, 0.5) is 8.78 Å². The van der Waals surface area contributed by atoms with Gasteiger partial charge in [-0.1, -0.05) is 0 Å². The second kappa shape index (κ2) is 2.82. The van der Waals surface area contributed by atoms with E-state index in [1.807, 2.05) is 0 Å². The highest BCUT2D eigenvalue weighted by Gasteiger charge is 1.78. The minimum absolute atomic E-state index is 0.169. The van der Waals surface area contributed by atoms with Crippen molar-refractivity contribution in [3.63, 3.8) is 0 Å². The molecule has 0 unspecified atom stereocenters. The third-order valence-corrected chi connectivity index (χ3v) is 0.299. The normalized spacial score (nSPS) is 7.83. The van der Waals surface area contributed by atoms with Crippen LogP contribution in [-0.2, 0) is 0 Å². The Kier molecular flexibility index (Phi) is 2.63.